The first kappa shape index (κ1) is 23.3. The van der Waals surface area contributed by atoms with E-state index in [1.165, 1.54) is 29.8 Å². The van der Waals surface area contributed by atoms with Gasteiger partial charge in [0.05, 0.1) is 29.2 Å². The number of fused-ring (bicyclic) bond motifs is 1. The molecule has 0 bridgehead atoms. The SMILES string of the molecule is Cc1c(C(=O)NCCCN(C)C)sc2ncnc(Nc3ccc(F)cc3O[C@@H]3CCOC3)c12. The maximum Gasteiger partial charge on any atom is 0.261 e. The molecule has 0 saturated carbocycles. The molecule has 0 radical (unpaired) electrons. The highest BCUT2D eigenvalue weighted by atomic mass is 32.1. The van der Waals surface area contributed by atoms with Crippen LogP contribution in [0.15, 0.2) is 24.5 Å². The molecule has 1 amide bonds. The number of anilines is 2. The Bertz CT molecular complexity index is 1130. The lowest BCUT2D eigenvalue weighted by Crippen LogP contribution is -2.26. The minimum atomic E-state index is -0.387. The molecule has 1 aromatic carbocycles. The van der Waals surface area contributed by atoms with Crippen LogP contribution in [0.25, 0.3) is 10.2 Å². The first-order valence-corrected chi connectivity index (χ1v) is 11.7. The summed E-state index contributed by atoms with van der Waals surface area (Å²) < 4.78 is 25.3. The molecule has 10 heteroatoms. The van der Waals surface area contributed by atoms with Crippen LogP contribution in [-0.4, -0.2) is 67.3 Å². The van der Waals surface area contributed by atoms with E-state index in [-0.39, 0.29) is 17.8 Å². The number of hydrogen-bond acceptors (Lipinski definition) is 8. The standard InChI is InChI=1S/C23H28FN5O3S/c1-14-19-21(28-17-6-5-15(24)11-18(17)32-16-7-10-31-12-16)26-13-27-23(19)33-20(14)22(30)25-8-4-9-29(2)3/h5-6,11,13,16H,4,7-10,12H2,1-3H3,(H,25,30)(H,26,27,28)/t16-/m1/s1. The van der Waals surface area contributed by atoms with Gasteiger partial charge in [-0.3, -0.25) is 4.79 Å². The number of aromatic nitrogens is 2. The molecule has 3 heterocycles. The first-order valence-electron chi connectivity index (χ1n) is 10.9. The second-order valence-electron chi connectivity index (χ2n) is 8.24. The Kier molecular flexibility index (Phi) is 7.36. The second kappa shape index (κ2) is 10.4. The third-order valence-electron chi connectivity index (χ3n) is 5.38. The van der Waals surface area contributed by atoms with Crippen LogP contribution in [0.4, 0.5) is 15.9 Å². The van der Waals surface area contributed by atoms with E-state index in [1.54, 1.807) is 6.07 Å². The zero-order valence-corrected chi connectivity index (χ0v) is 19.8. The van der Waals surface area contributed by atoms with Crippen LogP contribution in [0, 0.1) is 12.7 Å². The second-order valence-corrected chi connectivity index (χ2v) is 9.24. The van der Waals surface area contributed by atoms with Gasteiger partial charge in [-0.05, 0) is 51.7 Å². The summed E-state index contributed by atoms with van der Waals surface area (Å²) in [5.74, 6) is 0.429. The molecule has 3 aromatic rings. The average Bonchev–Trinajstić information content (AvgIpc) is 3.41. The van der Waals surface area contributed by atoms with Crippen molar-refractivity contribution in [1.82, 2.24) is 20.2 Å². The normalized spacial score (nSPS) is 15.8. The van der Waals surface area contributed by atoms with Crippen LogP contribution < -0.4 is 15.4 Å². The Labute approximate surface area is 196 Å². The Morgan fingerprint density at radius 2 is 2.21 bits per heavy atom. The van der Waals surface area contributed by atoms with Gasteiger partial charge in [0.2, 0.25) is 0 Å². The fourth-order valence-corrected chi connectivity index (χ4v) is 4.74. The molecule has 1 aliphatic rings. The summed E-state index contributed by atoms with van der Waals surface area (Å²) >= 11 is 1.33. The predicted octanol–water partition coefficient (Wildman–Crippen LogP) is 3.73. The van der Waals surface area contributed by atoms with Crippen LogP contribution >= 0.6 is 11.3 Å². The molecule has 1 aliphatic heterocycles. The van der Waals surface area contributed by atoms with Crippen molar-refractivity contribution in [3.8, 4) is 5.75 Å². The van der Waals surface area contributed by atoms with Crippen LogP contribution in [0.5, 0.6) is 5.75 Å². The van der Waals surface area contributed by atoms with E-state index in [1.807, 2.05) is 21.0 Å². The minimum absolute atomic E-state index is 0.118. The largest absolute Gasteiger partial charge is 0.486 e. The lowest BCUT2D eigenvalue weighted by molar-refractivity contribution is 0.0956. The molecule has 1 fully saturated rings. The van der Waals surface area contributed by atoms with Gasteiger partial charge in [-0.15, -0.1) is 11.3 Å². The van der Waals surface area contributed by atoms with Crippen LogP contribution in [0.1, 0.15) is 28.1 Å². The van der Waals surface area contributed by atoms with Gasteiger partial charge in [0.15, 0.2) is 0 Å². The summed E-state index contributed by atoms with van der Waals surface area (Å²) in [4.78, 5) is 24.9. The molecule has 176 valence electrons. The number of nitrogens with one attached hydrogen (secondary N) is 2. The Hall–Kier alpha value is -2.82. The average molecular weight is 474 g/mol. The molecule has 0 unspecified atom stereocenters. The molecular weight excluding hydrogens is 445 g/mol. The van der Waals surface area contributed by atoms with E-state index < -0.39 is 0 Å². The van der Waals surface area contributed by atoms with Crippen molar-refractivity contribution >= 4 is 39.0 Å². The first-order chi connectivity index (χ1) is 15.9. The van der Waals surface area contributed by atoms with Gasteiger partial charge in [0, 0.05) is 19.0 Å². The van der Waals surface area contributed by atoms with Crippen LogP contribution in [-0.2, 0) is 4.74 Å². The topological polar surface area (TPSA) is 88.6 Å². The van der Waals surface area contributed by atoms with Crippen molar-refractivity contribution in [2.24, 2.45) is 0 Å². The van der Waals surface area contributed by atoms with Gasteiger partial charge in [0.1, 0.15) is 34.6 Å². The zero-order valence-electron chi connectivity index (χ0n) is 19.0. The third-order valence-corrected chi connectivity index (χ3v) is 6.58. The third kappa shape index (κ3) is 5.58. The van der Waals surface area contributed by atoms with Crippen molar-refractivity contribution in [2.75, 3.05) is 45.7 Å². The highest BCUT2D eigenvalue weighted by Crippen LogP contribution is 2.37. The Balaban J connectivity index is 1.57. The lowest BCUT2D eigenvalue weighted by Gasteiger charge is -2.17. The number of benzene rings is 1. The minimum Gasteiger partial charge on any atom is -0.486 e. The van der Waals surface area contributed by atoms with E-state index in [0.29, 0.717) is 46.7 Å². The summed E-state index contributed by atoms with van der Waals surface area (Å²) in [5.41, 5.74) is 1.39. The molecule has 2 N–H and O–H groups in total. The summed E-state index contributed by atoms with van der Waals surface area (Å²) in [7, 11) is 4.01. The maximum absolute atomic E-state index is 13.9. The smallest absolute Gasteiger partial charge is 0.261 e. The van der Waals surface area contributed by atoms with Gasteiger partial charge < -0.3 is 25.0 Å². The number of ether oxygens (including phenoxy) is 2. The van der Waals surface area contributed by atoms with Gasteiger partial charge >= 0.3 is 0 Å². The predicted molar refractivity (Wildman–Crippen MR) is 127 cm³/mol. The highest BCUT2D eigenvalue weighted by molar-refractivity contribution is 7.20. The quantitative estimate of drug-likeness (QED) is 0.458. The van der Waals surface area contributed by atoms with Crippen molar-refractivity contribution in [3.63, 3.8) is 0 Å². The molecule has 2 aromatic heterocycles. The van der Waals surface area contributed by atoms with Gasteiger partial charge in [-0.2, -0.15) is 0 Å². The number of halogens is 1. The van der Waals surface area contributed by atoms with Crippen molar-refractivity contribution in [3.05, 3.63) is 40.8 Å². The van der Waals surface area contributed by atoms with Crippen molar-refractivity contribution < 1.29 is 18.7 Å². The summed E-state index contributed by atoms with van der Waals surface area (Å²) in [6.07, 6.45) is 2.95. The monoisotopic (exact) mass is 473 g/mol. The molecule has 0 aliphatic carbocycles. The number of aryl methyl sites for hydroxylation is 1. The van der Waals surface area contributed by atoms with Gasteiger partial charge in [0.25, 0.3) is 5.91 Å². The van der Waals surface area contributed by atoms with Crippen molar-refractivity contribution in [1.29, 1.82) is 0 Å². The zero-order chi connectivity index (χ0) is 23.4. The number of nitrogens with zero attached hydrogens (tertiary/aromatic N) is 3. The maximum atomic E-state index is 13.9. The molecular formula is C23H28FN5O3S. The molecule has 33 heavy (non-hydrogen) atoms. The lowest BCUT2D eigenvalue weighted by atomic mass is 10.2. The van der Waals surface area contributed by atoms with E-state index >= 15 is 0 Å². The highest BCUT2D eigenvalue weighted by Gasteiger charge is 2.22. The fraction of sp³-hybridized carbons (Fsp3) is 0.435. The van der Waals surface area contributed by atoms with Gasteiger partial charge in [-0.1, -0.05) is 0 Å². The number of carbonyl (C=O) groups excluding carboxylic acids is 1. The molecule has 1 saturated heterocycles. The van der Waals surface area contributed by atoms with Crippen molar-refractivity contribution in [2.45, 2.75) is 25.9 Å². The van der Waals surface area contributed by atoms with E-state index in [4.69, 9.17) is 9.47 Å². The summed E-state index contributed by atoms with van der Waals surface area (Å²) in [6, 6.07) is 4.34. The van der Waals surface area contributed by atoms with Crippen LogP contribution in [0.2, 0.25) is 0 Å². The van der Waals surface area contributed by atoms with E-state index in [9.17, 15) is 9.18 Å². The van der Waals surface area contributed by atoms with E-state index in [2.05, 4.69) is 25.5 Å². The van der Waals surface area contributed by atoms with Crippen LogP contribution in [0.3, 0.4) is 0 Å². The number of thiophene rings is 1. The van der Waals surface area contributed by atoms with E-state index in [0.717, 1.165) is 30.3 Å². The number of rotatable bonds is 9. The van der Waals surface area contributed by atoms with Gasteiger partial charge in [-0.25, -0.2) is 14.4 Å². The molecule has 4 rings (SSSR count). The summed E-state index contributed by atoms with van der Waals surface area (Å²) in [6.45, 7) is 4.50. The summed E-state index contributed by atoms with van der Waals surface area (Å²) in [5, 5.41) is 7.01. The molecule has 1 atom stereocenters. The number of carbonyl (C=O) groups is 1. The fourth-order valence-electron chi connectivity index (χ4n) is 3.67. The number of amides is 1. The Morgan fingerprint density at radius 1 is 1.36 bits per heavy atom. The number of hydrogen-bond donors (Lipinski definition) is 2. The Morgan fingerprint density at radius 3 is 2.97 bits per heavy atom. The molecule has 8 nitrogen and oxygen atoms in total. The molecule has 0 spiro atoms.